The number of amidine groups is 1. The van der Waals surface area contributed by atoms with Crippen molar-refractivity contribution in [1.29, 1.82) is 0 Å². The SMILES string of the molecule is CC1(C)CC2CCC(c3cccc(C(F)(F)F)n3)N=C3CCC=C(N3)SNC(=O)c3ccc(Br)nc3N1C2. The lowest BCUT2D eigenvalue weighted by atomic mass is 9.91. The second kappa shape index (κ2) is 10.5. The molecule has 12 heteroatoms. The lowest BCUT2D eigenvalue weighted by Crippen LogP contribution is -2.40. The molecule has 0 aliphatic carbocycles. The van der Waals surface area contributed by atoms with Crippen LogP contribution in [0.15, 0.2) is 51.0 Å². The zero-order chi connectivity index (χ0) is 27.1. The van der Waals surface area contributed by atoms with E-state index in [-0.39, 0.29) is 17.4 Å². The molecule has 2 aromatic heterocycles. The summed E-state index contributed by atoms with van der Waals surface area (Å²) < 4.78 is 43.9. The molecule has 1 amide bonds. The van der Waals surface area contributed by atoms with Crippen molar-refractivity contribution >= 4 is 45.4 Å². The van der Waals surface area contributed by atoms with Crippen LogP contribution in [0.2, 0.25) is 0 Å². The number of amides is 1. The van der Waals surface area contributed by atoms with Gasteiger partial charge >= 0.3 is 6.18 Å². The molecular formula is C26H28BrF3N6OS. The van der Waals surface area contributed by atoms with Gasteiger partial charge in [0.2, 0.25) is 0 Å². The molecule has 0 spiro atoms. The monoisotopic (exact) mass is 608 g/mol. The van der Waals surface area contributed by atoms with E-state index in [2.05, 4.69) is 54.7 Å². The molecule has 3 aliphatic heterocycles. The van der Waals surface area contributed by atoms with Crippen LogP contribution in [0.1, 0.15) is 73.7 Å². The summed E-state index contributed by atoms with van der Waals surface area (Å²) in [4.78, 5) is 28.9. The number of carbonyl (C=O) groups excluding carboxylic acids is 1. The molecule has 2 unspecified atom stereocenters. The summed E-state index contributed by atoms with van der Waals surface area (Å²) in [6, 6.07) is 7.01. The largest absolute Gasteiger partial charge is 0.433 e. The number of rotatable bonds is 1. The molecule has 7 nitrogen and oxygen atoms in total. The van der Waals surface area contributed by atoms with Gasteiger partial charge in [0.25, 0.3) is 5.91 Å². The topological polar surface area (TPSA) is 82.5 Å². The fourth-order valence-corrected chi connectivity index (χ4v) is 6.32. The smallest absolute Gasteiger partial charge is 0.351 e. The molecule has 2 aromatic rings. The molecule has 0 radical (unpaired) electrons. The van der Waals surface area contributed by atoms with Gasteiger partial charge in [-0.1, -0.05) is 12.1 Å². The van der Waals surface area contributed by atoms with Gasteiger partial charge in [0.15, 0.2) is 0 Å². The van der Waals surface area contributed by atoms with Crippen molar-refractivity contribution in [3.8, 4) is 0 Å². The van der Waals surface area contributed by atoms with Gasteiger partial charge in [-0.25, -0.2) is 9.97 Å². The third-order valence-electron chi connectivity index (χ3n) is 7.10. The third-order valence-corrected chi connectivity index (χ3v) is 8.31. The molecule has 4 bridgehead atoms. The molecule has 0 aromatic carbocycles. The molecule has 1 fully saturated rings. The van der Waals surface area contributed by atoms with E-state index in [1.54, 1.807) is 18.2 Å². The molecule has 3 aliphatic rings. The first-order valence-corrected chi connectivity index (χ1v) is 14.1. The van der Waals surface area contributed by atoms with Gasteiger partial charge in [0.1, 0.15) is 22.0 Å². The first-order valence-electron chi connectivity index (χ1n) is 12.5. The fraction of sp³-hybridized carbons (Fsp3) is 0.462. The van der Waals surface area contributed by atoms with Crippen LogP contribution < -0.4 is 14.9 Å². The van der Waals surface area contributed by atoms with E-state index in [1.165, 1.54) is 6.07 Å². The van der Waals surface area contributed by atoms with Crippen LogP contribution in [0.3, 0.4) is 0 Å². The second-order valence-electron chi connectivity index (χ2n) is 10.4. The summed E-state index contributed by atoms with van der Waals surface area (Å²) in [5.74, 6) is 1.27. The zero-order valence-corrected chi connectivity index (χ0v) is 23.4. The average Bonchev–Trinajstić information content (AvgIpc) is 3.18. The molecule has 2 atom stereocenters. The quantitative estimate of drug-likeness (QED) is 0.288. The van der Waals surface area contributed by atoms with E-state index in [0.29, 0.717) is 58.4 Å². The normalized spacial score (nSPS) is 23.7. The number of aromatic nitrogens is 2. The molecule has 2 N–H and O–H groups in total. The number of pyridine rings is 2. The number of allylic oxidation sites excluding steroid dienone is 1. The highest BCUT2D eigenvalue weighted by atomic mass is 79.9. The summed E-state index contributed by atoms with van der Waals surface area (Å²) in [6.45, 7) is 4.92. The van der Waals surface area contributed by atoms with E-state index in [9.17, 15) is 18.0 Å². The van der Waals surface area contributed by atoms with Gasteiger partial charge in [-0.2, -0.15) is 13.2 Å². The number of anilines is 1. The Hall–Kier alpha value is -2.60. The highest BCUT2D eigenvalue weighted by Crippen LogP contribution is 2.41. The first-order chi connectivity index (χ1) is 18.0. The minimum absolute atomic E-state index is 0.240. The second-order valence-corrected chi connectivity index (χ2v) is 12.0. The van der Waals surface area contributed by atoms with Crippen molar-refractivity contribution in [2.45, 2.75) is 63.7 Å². The van der Waals surface area contributed by atoms with Crippen LogP contribution in [0.5, 0.6) is 0 Å². The Kier molecular flexibility index (Phi) is 7.47. The molecule has 202 valence electrons. The van der Waals surface area contributed by atoms with E-state index >= 15 is 0 Å². The van der Waals surface area contributed by atoms with Crippen molar-refractivity contribution in [2.75, 3.05) is 11.4 Å². The van der Waals surface area contributed by atoms with Gasteiger partial charge in [-0.3, -0.25) is 14.5 Å². The summed E-state index contributed by atoms with van der Waals surface area (Å²) in [5.41, 5.74) is -0.391. The standard InChI is InChI=1S/C26H28BrF3N6OS/c1-25(2)13-15-9-11-18(17-5-3-6-19(31-17)26(28,29)30)32-21-7-4-8-22(34-21)38-35-24(37)16-10-12-20(27)33-23(16)36(25)14-15/h3,5-6,8,10,12,15,18H,4,7,9,11,13-14H2,1-2H3,(H,32,34)(H,35,37). The maximum atomic E-state index is 13.4. The number of halogens is 4. The Balaban J connectivity index is 1.53. The fourth-order valence-electron chi connectivity index (χ4n) is 5.33. The Bertz CT molecular complexity index is 1300. The highest BCUT2D eigenvalue weighted by molar-refractivity contribution is 9.10. The molecule has 0 saturated carbocycles. The first kappa shape index (κ1) is 27.0. The van der Waals surface area contributed by atoms with Crippen molar-refractivity contribution in [3.05, 3.63) is 63.0 Å². The summed E-state index contributed by atoms with van der Waals surface area (Å²) in [5, 5.41) is 3.95. The minimum Gasteiger partial charge on any atom is -0.351 e. The summed E-state index contributed by atoms with van der Waals surface area (Å²) in [7, 11) is 0. The predicted octanol–water partition coefficient (Wildman–Crippen LogP) is 6.40. The summed E-state index contributed by atoms with van der Waals surface area (Å²) in [6.07, 6.45) is 0.904. The van der Waals surface area contributed by atoms with Crippen molar-refractivity contribution in [3.63, 3.8) is 0 Å². The van der Waals surface area contributed by atoms with Crippen LogP contribution >= 0.6 is 27.9 Å². The Labute approximate surface area is 232 Å². The zero-order valence-electron chi connectivity index (χ0n) is 21.0. The van der Waals surface area contributed by atoms with Crippen LogP contribution in [-0.2, 0) is 6.18 Å². The maximum Gasteiger partial charge on any atom is 0.433 e. The lowest BCUT2D eigenvalue weighted by molar-refractivity contribution is -0.141. The van der Waals surface area contributed by atoms with Gasteiger partial charge in [0, 0.05) is 30.5 Å². The predicted molar refractivity (Wildman–Crippen MR) is 146 cm³/mol. The number of aliphatic imine (C=N–C) groups is 1. The molecule has 5 heterocycles. The van der Waals surface area contributed by atoms with Crippen LogP contribution in [-0.4, -0.2) is 33.8 Å². The van der Waals surface area contributed by atoms with Gasteiger partial charge in [-0.05, 0) is 85.6 Å². The average molecular weight is 610 g/mol. The Morgan fingerprint density at radius 3 is 2.76 bits per heavy atom. The maximum absolute atomic E-state index is 13.4. The molecule has 38 heavy (non-hydrogen) atoms. The van der Waals surface area contributed by atoms with E-state index in [4.69, 9.17) is 4.99 Å². The third kappa shape index (κ3) is 5.85. The van der Waals surface area contributed by atoms with Crippen LogP contribution in [0.25, 0.3) is 0 Å². The van der Waals surface area contributed by atoms with Gasteiger partial charge < -0.3 is 10.2 Å². The summed E-state index contributed by atoms with van der Waals surface area (Å²) >= 11 is 4.61. The van der Waals surface area contributed by atoms with Crippen LogP contribution in [0, 0.1) is 5.92 Å². The van der Waals surface area contributed by atoms with Gasteiger partial charge in [0.05, 0.1) is 22.3 Å². The minimum atomic E-state index is -4.53. The number of nitrogens with zero attached hydrogens (tertiary/aromatic N) is 4. The number of carbonyl (C=O) groups is 1. The molecular weight excluding hydrogens is 581 g/mol. The van der Waals surface area contributed by atoms with E-state index < -0.39 is 17.9 Å². The van der Waals surface area contributed by atoms with E-state index in [0.717, 1.165) is 30.9 Å². The van der Waals surface area contributed by atoms with Crippen molar-refractivity contribution in [2.24, 2.45) is 10.9 Å². The van der Waals surface area contributed by atoms with Crippen LogP contribution in [0.4, 0.5) is 19.0 Å². The highest BCUT2D eigenvalue weighted by Gasteiger charge is 2.41. The number of hydrogen-bond donors (Lipinski definition) is 2. The number of alkyl halides is 3. The lowest BCUT2D eigenvalue weighted by Gasteiger charge is -2.33. The Morgan fingerprint density at radius 2 is 1.97 bits per heavy atom. The van der Waals surface area contributed by atoms with Crippen molar-refractivity contribution in [1.82, 2.24) is 20.0 Å². The van der Waals surface area contributed by atoms with Crippen molar-refractivity contribution < 1.29 is 18.0 Å². The van der Waals surface area contributed by atoms with E-state index in [1.807, 2.05) is 6.08 Å². The van der Waals surface area contributed by atoms with Gasteiger partial charge in [-0.15, -0.1) is 0 Å². The number of hydrogen-bond acceptors (Lipinski definition) is 7. The number of fused-ring (bicyclic) bond motifs is 6. The molecule has 1 saturated heterocycles. The Morgan fingerprint density at radius 1 is 1.16 bits per heavy atom. The molecule has 5 rings (SSSR count). The number of nitrogens with one attached hydrogen (secondary N) is 2.